The Morgan fingerprint density at radius 2 is 1.71 bits per heavy atom. The van der Waals surface area contributed by atoms with Gasteiger partial charge in [-0.3, -0.25) is 4.90 Å². The summed E-state index contributed by atoms with van der Waals surface area (Å²) in [6.45, 7) is 0.917. The van der Waals surface area contributed by atoms with E-state index in [2.05, 4.69) is 11.9 Å². The Hall–Kier alpha value is -2.20. The Morgan fingerprint density at radius 3 is 2.43 bits per heavy atom. The highest BCUT2D eigenvalue weighted by molar-refractivity contribution is 5.48. The molecule has 0 aromatic heterocycles. The standard InChI is InChI=1S/C17H19NO3/c1-18-7-6-12-9-16(20)17(21)10-14(12)15(18)8-11-2-4-13(19)5-3-11/h2-5,9-10,15,19-21H,6-8H2,1H3. The van der Waals surface area contributed by atoms with Crippen molar-refractivity contribution in [3.05, 3.63) is 53.1 Å². The first-order chi connectivity index (χ1) is 10.0. The van der Waals surface area contributed by atoms with Gasteiger partial charge in [-0.25, -0.2) is 0 Å². The van der Waals surface area contributed by atoms with E-state index >= 15 is 0 Å². The second-order valence-electron chi connectivity index (χ2n) is 5.66. The predicted octanol–water partition coefficient (Wildman–Crippen LogP) is 2.58. The molecule has 0 fully saturated rings. The number of phenols is 3. The summed E-state index contributed by atoms with van der Waals surface area (Å²) in [4.78, 5) is 2.26. The summed E-state index contributed by atoms with van der Waals surface area (Å²) < 4.78 is 0. The molecule has 0 saturated carbocycles. The molecule has 1 heterocycles. The number of nitrogens with zero attached hydrogens (tertiary/aromatic N) is 1. The highest BCUT2D eigenvalue weighted by Crippen LogP contribution is 2.37. The second kappa shape index (κ2) is 5.30. The topological polar surface area (TPSA) is 63.9 Å². The molecular formula is C17H19NO3. The van der Waals surface area contributed by atoms with Crippen LogP contribution in [0.4, 0.5) is 0 Å². The molecule has 0 bridgehead atoms. The van der Waals surface area contributed by atoms with E-state index in [4.69, 9.17) is 0 Å². The molecule has 4 heteroatoms. The fraction of sp³-hybridized carbons (Fsp3) is 0.294. The quantitative estimate of drug-likeness (QED) is 0.742. The summed E-state index contributed by atoms with van der Waals surface area (Å²) >= 11 is 0. The fourth-order valence-corrected chi connectivity index (χ4v) is 2.97. The predicted molar refractivity (Wildman–Crippen MR) is 80.7 cm³/mol. The number of hydrogen-bond donors (Lipinski definition) is 3. The molecule has 0 amide bonds. The van der Waals surface area contributed by atoms with Gasteiger partial charge in [0, 0.05) is 12.6 Å². The van der Waals surface area contributed by atoms with Gasteiger partial charge in [0.2, 0.25) is 0 Å². The van der Waals surface area contributed by atoms with E-state index < -0.39 is 0 Å². The van der Waals surface area contributed by atoms with Gasteiger partial charge >= 0.3 is 0 Å². The Labute approximate surface area is 123 Å². The zero-order valence-electron chi connectivity index (χ0n) is 12.0. The lowest BCUT2D eigenvalue weighted by Gasteiger charge is -2.35. The molecule has 1 atom stereocenters. The normalized spacial score (nSPS) is 18.4. The van der Waals surface area contributed by atoms with Crippen LogP contribution in [0, 0.1) is 0 Å². The van der Waals surface area contributed by atoms with Crippen LogP contribution < -0.4 is 0 Å². The molecule has 110 valence electrons. The number of aromatic hydroxyl groups is 3. The van der Waals surface area contributed by atoms with Crippen LogP contribution in [0.1, 0.15) is 22.7 Å². The van der Waals surface area contributed by atoms with Gasteiger partial charge in [-0.2, -0.15) is 0 Å². The zero-order chi connectivity index (χ0) is 15.0. The van der Waals surface area contributed by atoms with Crippen molar-refractivity contribution in [1.29, 1.82) is 0 Å². The monoisotopic (exact) mass is 285 g/mol. The average molecular weight is 285 g/mol. The van der Waals surface area contributed by atoms with E-state index in [1.54, 1.807) is 24.3 Å². The zero-order valence-corrected chi connectivity index (χ0v) is 12.0. The van der Waals surface area contributed by atoms with Crippen molar-refractivity contribution in [3.8, 4) is 17.2 Å². The van der Waals surface area contributed by atoms with Gasteiger partial charge in [0.25, 0.3) is 0 Å². The number of fused-ring (bicyclic) bond motifs is 1. The third kappa shape index (κ3) is 2.67. The van der Waals surface area contributed by atoms with Crippen LogP contribution in [0.5, 0.6) is 17.2 Å². The molecule has 4 nitrogen and oxygen atoms in total. The molecule has 1 aliphatic heterocycles. The number of phenolic OH excluding ortho intramolecular Hbond substituents is 3. The van der Waals surface area contributed by atoms with Gasteiger partial charge < -0.3 is 15.3 Å². The largest absolute Gasteiger partial charge is 0.508 e. The molecule has 1 unspecified atom stereocenters. The smallest absolute Gasteiger partial charge is 0.157 e. The van der Waals surface area contributed by atoms with Crippen molar-refractivity contribution >= 4 is 0 Å². The van der Waals surface area contributed by atoms with Crippen molar-refractivity contribution in [2.24, 2.45) is 0 Å². The van der Waals surface area contributed by atoms with E-state index in [9.17, 15) is 15.3 Å². The van der Waals surface area contributed by atoms with Crippen LogP contribution in [0.3, 0.4) is 0 Å². The van der Waals surface area contributed by atoms with Gasteiger partial charge in [-0.15, -0.1) is 0 Å². The minimum Gasteiger partial charge on any atom is -0.508 e. The first kappa shape index (κ1) is 13.8. The van der Waals surface area contributed by atoms with Gasteiger partial charge in [-0.05, 0) is 60.8 Å². The Morgan fingerprint density at radius 1 is 1.05 bits per heavy atom. The van der Waals surface area contributed by atoms with Crippen molar-refractivity contribution in [2.75, 3.05) is 13.6 Å². The summed E-state index contributed by atoms with van der Waals surface area (Å²) in [5.74, 6) is 0.139. The van der Waals surface area contributed by atoms with Crippen LogP contribution in [0.2, 0.25) is 0 Å². The molecule has 0 radical (unpaired) electrons. The average Bonchev–Trinajstić information content (AvgIpc) is 2.46. The SMILES string of the molecule is CN1CCc2cc(O)c(O)cc2C1Cc1ccc(O)cc1. The van der Waals surface area contributed by atoms with Crippen LogP contribution >= 0.6 is 0 Å². The molecular weight excluding hydrogens is 266 g/mol. The second-order valence-corrected chi connectivity index (χ2v) is 5.66. The Bertz CT molecular complexity index is 652. The lowest BCUT2D eigenvalue weighted by atomic mass is 9.88. The van der Waals surface area contributed by atoms with E-state index in [0.29, 0.717) is 0 Å². The number of rotatable bonds is 2. The minimum atomic E-state index is -0.0697. The fourth-order valence-electron chi connectivity index (χ4n) is 2.97. The van der Waals surface area contributed by atoms with Crippen molar-refractivity contribution in [3.63, 3.8) is 0 Å². The summed E-state index contributed by atoms with van der Waals surface area (Å²) in [5.41, 5.74) is 3.28. The molecule has 3 N–H and O–H groups in total. The Balaban J connectivity index is 1.95. The highest BCUT2D eigenvalue weighted by Gasteiger charge is 2.26. The summed E-state index contributed by atoms with van der Waals surface area (Å²) in [6.07, 6.45) is 1.67. The first-order valence-corrected chi connectivity index (χ1v) is 7.07. The van der Waals surface area contributed by atoms with Crippen LogP contribution in [0.15, 0.2) is 36.4 Å². The summed E-state index contributed by atoms with van der Waals surface area (Å²) in [6, 6.07) is 10.7. The van der Waals surface area contributed by atoms with Crippen LogP contribution in [-0.2, 0) is 12.8 Å². The van der Waals surface area contributed by atoms with Crippen LogP contribution in [0.25, 0.3) is 0 Å². The summed E-state index contributed by atoms with van der Waals surface area (Å²) in [7, 11) is 2.07. The molecule has 2 aromatic rings. The molecule has 0 spiro atoms. The maximum Gasteiger partial charge on any atom is 0.157 e. The number of likely N-dealkylation sites (N-methyl/N-ethyl adjacent to an activating group) is 1. The van der Waals surface area contributed by atoms with Gasteiger partial charge in [0.15, 0.2) is 11.5 Å². The Kier molecular flexibility index (Phi) is 3.47. The van der Waals surface area contributed by atoms with Gasteiger partial charge in [0.05, 0.1) is 0 Å². The van der Waals surface area contributed by atoms with Gasteiger partial charge in [0.1, 0.15) is 5.75 Å². The maximum atomic E-state index is 9.78. The molecule has 1 aliphatic rings. The molecule has 2 aromatic carbocycles. The van der Waals surface area contributed by atoms with Crippen molar-refractivity contribution in [1.82, 2.24) is 4.90 Å². The van der Waals surface area contributed by atoms with E-state index in [1.165, 1.54) is 0 Å². The van der Waals surface area contributed by atoms with Crippen molar-refractivity contribution in [2.45, 2.75) is 18.9 Å². The third-order valence-electron chi connectivity index (χ3n) is 4.23. The summed E-state index contributed by atoms with van der Waals surface area (Å²) in [5, 5.41) is 28.8. The molecule has 0 aliphatic carbocycles. The lowest BCUT2D eigenvalue weighted by Crippen LogP contribution is -2.33. The van der Waals surface area contributed by atoms with E-state index in [0.717, 1.165) is 36.1 Å². The van der Waals surface area contributed by atoms with E-state index in [1.807, 2.05) is 12.1 Å². The molecule has 0 saturated heterocycles. The van der Waals surface area contributed by atoms with Crippen LogP contribution in [-0.4, -0.2) is 33.8 Å². The lowest BCUT2D eigenvalue weighted by molar-refractivity contribution is 0.228. The highest BCUT2D eigenvalue weighted by atomic mass is 16.3. The van der Waals surface area contributed by atoms with Crippen molar-refractivity contribution < 1.29 is 15.3 Å². The van der Waals surface area contributed by atoms with E-state index in [-0.39, 0.29) is 23.3 Å². The number of hydrogen-bond acceptors (Lipinski definition) is 4. The number of benzene rings is 2. The maximum absolute atomic E-state index is 9.78. The van der Waals surface area contributed by atoms with Gasteiger partial charge in [-0.1, -0.05) is 12.1 Å². The first-order valence-electron chi connectivity index (χ1n) is 7.07. The molecule has 3 rings (SSSR count). The molecule has 21 heavy (non-hydrogen) atoms. The minimum absolute atomic E-state index is 0.0540. The third-order valence-corrected chi connectivity index (χ3v) is 4.23.